The zero-order valence-corrected chi connectivity index (χ0v) is 14.7. The number of H-pyrrole nitrogens is 1. The van der Waals surface area contributed by atoms with E-state index in [2.05, 4.69) is 19.9 Å². The van der Waals surface area contributed by atoms with E-state index in [0.29, 0.717) is 16.9 Å². The number of nitrogens with zero attached hydrogens (tertiary/aromatic N) is 4. The molecule has 130 valence electrons. The molecule has 1 atom stereocenters. The van der Waals surface area contributed by atoms with Gasteiger partial charge in [-0.05, 0) is 38.5 Å². The van der Waals surface area contributed by atoms with E-state index in [1.165, 1.54) is 0 Å². The summed E-state index contributed by atoms with van der Waals surface area (Å²) < 4.78 is 0. The average molecular weight is 358 g/mol. The monoisotopic (exact) mass is 357 g/mol. The number of anilines is 1. The van der Waals surface area contributed by atoms with Crippen LogP contribution in [0, 0.1) is 0 Å². The van der Waals surface area contributed by atoms with Gasteiger partial charge in [0.2, 0.25) is 5.95 Å². The zero-order chi connectivity index (χ0) is 17.0. The molecule has 3 aliphatic rings. The van der Waals surface area contributed by atoms with Crippen molar-refractivity contribution in [3.63, 3.8) is 0 Å². The summed E-state index contributed by atoms with van der Waals surface area (Å²) in [5.41, 5.74) is 1.96. The zero-order valence-electron chi connectivity index (χ0n) is 14.0. The predicted molar refractivity (Wildman–Crippen MR) is 95.3 cm³/mol. The van der Waals surface area contributed by atoms with Crippen LogP contribution in [0.2, 0.25) is 5.02 Å². The molecule has 7 heteroatoms. The van der Waals surface area contributed by atoms with Crippen LogP contribution in [0.15, 0.2) is 17.2 Å². The summed E-state index contributed by atoms with van der Waals surface area (Å²) in [6.07, 6.45) is 9.49. The summed E-state index contributed by atoms with van der Waals surface area (Å²) >= 11 is 5.92. The number of nitrogens with one attached hydrogen (secondary N) is 1. The van der Waals surface area contributed by atoms with Crippen LogP contribution < -0.4 is 10.5 Å². The lowest BCUT2D eigenvalue weighted by molar-refractivity contribution is 0.331. The summed E-state index contributed by atoms with van der Waals surface area (Å²) in [4.78, 5) is 31.5. The predicted octanol–water partition coefficient (Wildman–Crippen LogP) is 2.58. The van der Waals surface area contributed by atoms with Gasteiger partial charge in [-0.1, -0.05) is 11.6 Å². The molecule has 1 N–H and O–H groups in total. The summed E-state index contributed by atoms with van der Waals surface area (Å²) in [6, 6.07) is 0. The van der Waals surface area contributed by atoms with Crippen molar-refractivity contribution in [3.8, 4) is 0 Å². The molecule has 1 aliphatic heterocycles. The van der Waals surface area contributed by atoms with Crippen molar-refractivity contribution >= 4 is 17.5 Å². The van der Waals surface area contributed by atoms with Crippen molar-refractivity contribution in [2.24, 2.45) is 0 Å². The minimum absolute atomic E-state index is 0.0471. The van der Waals surface area contributed by atoms with E-state index in [0.717, 1.165) is 68.7 Å². The Balaban J connectivity index is 1.52. The Morgan fingerprint density at radius 2 is 2.04 bits per heavy atom. The van der Waals surface area contributed by atoms with E-state index >= 15 is 0 Å². The lowest BCUT2D eigenvalue weighted by Crippen LogP contribution is -2.46. The van der Waals surface area contributed by atoms with E-state index in [4.69, 9.17) is 16.6 Å². The third kappa shape index (κ3) is 2.54. The number of halogens is 1. The molecule has 6 nitrogen and oxygen atoms in total. The number of aromatic amines is 1. The van der Waals surface area contributed by atoms with Crippen molar-refractivity contribution in [1.29, 1.82) is 0 Å². The normalized spacial score (nSPS) is 25.4. The first kappa shape index (κ1) is 15.3. The van der Waals surface area contributed by atoms with Gasteiger partial charge in [0.15, 0.2) is 0 Å². The molecule has 0 aromatic carbocycles. The fourth-order valence-corrected chi connectivity index (χ4v) is 4.48. The first-order valence-electron chi connectivity index (χ1n) is 9.01. The molecular formula is C18H20ClN5O. The Morgan fingerprint density at radius 3 is 2.80 bits per heavy atom. The van der Waals surface area contributed by atoms with Crippen molar-refractivity contribution in [2.45, 2.75) is 49.9 Å². The molecule has 1 spiro atoms. The van der Waals surface area contributed by atoms with Crippen molar-refractivity contribution in [3.05, 3.63) is 44.9 Å². The van der Waals surface area contributed by atoms with E-state index < -0.39 is 0 Å². The van der Waals surface area contributed by atoms with Gasteiger partial charge < -0.3 is 9.88 Å². The SMILES string of the molecule is O=c1[nH]c(C2CC2)nc2c1CCC21CCCN(c2ncc(Cl)cn2)C1. The number of piperidine rings is 1. The van der Waals surface area contributed by atoms with Crippen molar-refractivity contribution in [2.75, 3.05) is 18.0 Å². The highest BCUT2D eigenvalue weighted by Crippen LogP contribution is 2.45. The van der Waals surface area contributed by atoms with E-state index in [9.17, 15) is 4.79 Å². The number of hydrogen-bond donors (Lipinski definition) is 1. The summed E-state index contributed by atoms with van der Waals surface area (Å²) in [7, 11) is 0. The third-order valence-corrected chi connectivity index (χ3v) is 6.02. The smallest absolute Gasteiger partial charge is 0.254 e. The molecule has 3 heterocycles. The van der Waals surface area contributed by atoms with Crippen molar-refractivity contribution < 1.29 is 0 Å². The first-order valence-corrected chi connectivity index (χ1v) is 9.38. The van der Waals surface area contributed by atoms with Gasteiger partial charge in [-0.15, -0.1) is 0 Å². The number of hydrogen-bond acceptors (Lipinski definition) is 5. The topological polar surface area (TPSA) is 74.8 Å². The molecule has 0 amide bonds. The second kappa shape index (κ2) is 5.53. The number of rotatable bonds is 2. The Hall–Kier alpha value is -1.95. The molecule has 1 unspecified atom stereocenters. The summed E-state index contributed by atoms with van der Waals surface area (Å²) in [6.45, 7) is 1.75. The van der Waals surface area contributed by atoms with Crippen LogP contribution in [0.3, 0.4) is 0 Å². The lowest BCUT2D eigenvalue weighted by atomic mass is 9.77. The fourth-order valence-electron chi connectivity index (χ4n) is 4.39. The molecule has 1 saturated carbocycles. The Morgan fingerprint density at radius 1 is 1.24 bits per heavy atom. The largest absolute Gasteiger partial charge is 0.340 e. The third-order valence-electron chi connectivity index (χ3n) is 5.82. The van der Waals surface area contributed by atoms with E-state index in [1.807, 2.05) is 0 Å². The molecule has 1 saturated heterocycles. The van der Waals surface area contributed by atoms with Crippen LogP contribution in [0.4, 0.5) is 5.95 Å². The highest BCUT2D eigenvalue weighted by Gasteiger charge is 2.45. The number of aromatic nitrogens is 4. The van der Waals surface area contributed by atoms with Gasteiger partial charge in [0.05, 0.1) is 23.1 Å². The Labute approximate surface area is 150 Å². The fraction of sp³-hybridized carbons (Fsp3) is 0.556. The molecule has 0 bridgehead atoms. The average Bonchev–Trinajstić information content (AvgIpc) is 3.41. The van der Waals surface area contributed by atoms with E-state index in [-0.39, 0.29) is 11.0 Å². The molecule has 5 rings (SSSR count). The van der Waals surface area contributed by atoms with Crippen LogP contribution in [-0.2, 0) is 11.8 Å². The van der Waals surface area contributed by atoms with Gasteiger partial charge in [0.25, 0.3) is 5.56 Å². The maximum atomic E-state index is 12.5. The van der Waals surface area contributed by atoms with Gasteiger partial charge in [0.1, 0.15) is 5.82 Å². The van der Waals surface area contributed by atoms with Gasteiger partial charge in [-0.2, -0.15) is 0 Å². The molecule has 25 heavy (non-hydrogen) atoms. The standard InChI is InChI=1S/C18H20ClN5O/c19-12-8-20-17(21-9-12)24-7-1-5-18(10-24)6-4-13-14(18)22-15(11-2-3-11)23-16(13)25/h8-9,11H,1-7,10H2,(H,22,23,25). The van der Waals surface area contributed by atoms with Crippen LogP contribution in [-0.4, -0.2) is 33.0 Å². The minimum atomic E-state index is -0.0471. The second-order valence-corrected chi connectivity index (χ2v) is 8.00. The first-order chi connectivity index (χ1) is 12.1. The quantitative estimate of drug-likeness (QED) is 0.894. The highest BCUT2D eigenvalue weighted by atomic mass is 35.5. The van der Waals surface area contributed by atoms with E-state index in [1.54, 1.807) is 12.4 Å². The maximum Gasteiger partial charge on any atom is 0.254 e. The van der Waals surface area contributed by atoms with Crippen LogP contribution in [0.1, 0.15) is 55.1 Å². The van der Waals surface area contributed by atoms with Gasteiger partial charge in [0, 0.05) is 30.0 Å². The lowest BCUT2D eigenvalue weighted by Gasteiger charge is -2.40. The second-order valence-electron chi connectivity index (χ2n) is 7.56. The Bertz CT molecular complexity index is 876. The van der Waals surface area contributed by atoms with Crippen LogP contribution in [0.25, 0.3) is 0 Å². The molecule has 2 aromatic heterocycles. The molecule has 0 radical (unpaired) electrons. The molecule has 2 fully saturated rings. The molecular weight excluding hydrogens is 338 g/mol. The molecule has 2 aromatic rings. The summed E-state index contributed by atoms with van der Waals surface area (Å²) in [5, 5.41) is 0.545. The van der Waals surface area contributed by atoms with Gasteiger partial charge in [-0.3, -0.25) is 4.79 Å². The van der Waals surface area contributed by atoms with Crippen LogP contribution >= 0.6 is 11.6 Å². The van der Waals surface area contributed by atoms with Crippen molar-refractivity contribution in [1.82, 2.24) is 19.9 Å². The van der Waals surface area contributed by atoms with Gasteiger partial charge in [-0.25, -0.2) is 15.0 Å². The highest BCUT2D eigenvalue weighted by molar-refractivity contribution is 6.30. The van der Waals surface area contributed by atoms with Gasteiger partial charge >= 0.3 is 0 Å². The number of fused-ring (bicyclic) bond motifs is 2. The minimum Gasteiger partial charge on any atom is -0.340 e. The maximum absolute atomic E-state index is 12.5. The van der Waals surface area contributed by atoms with Crippen LogP contribution in [0.5, 0.6) is 0 Å². The summed E-state index contributed by atoms with van der Waals surface area (Å²) in [5.74, 6) is 2.06. The molecule has 2 aliphatic carbocycles. The Kier molecular flexibility index (Phi) is 3.39.